The Labute approximate surface area is 132 Å². The van der Waals surface area contributed by atoms with Crippen molar-refractivity contribution in [1.29, 1.82) is 0 Å². The Hall–Kier alpha value is -1.65. The van der Waals surface area contributed by atoms with Gasteiger partial charge in [-0.25, -0.2) is 4.98 Å². The maximum Gasteiger partial charge on any atom is 0.223 e. The second-order valence-electron chi connectivity index (χ2n) is 6.67. The minimum Gasteiger partial charge on any atom is -0.355 e. The van der Waals surface area contributed by atoms with Crippen LogP contribution in [0.4, 0.5) is 5.82 Å². The Morgan fingerprint density at radius 3 is 2.55 bits per heavy atom. The van der Waals surface area contributed by atoms with Crippen LogP contribution in [0.2, 0.25) is 0 Å². The highest BCUT2D eigenvalue weighted by molar-refractivity contribution is 5.79. The molecule has 22 heavy (non-hydrogen) atoms. The number of hydrogen-bond donors (Lipinski definition) is 1. The average Bonchev–Trinajstić information content (AvgIpc) is 3.03. The predicted octanol–water partition coefficient (Wildman–Crippen LogP) is 2.37. The van der Waals surface area contributed by atoms with Crippen LogP contribution in [-0.2, 0) is 4.79 Å². The molecule has 2 fully saturated rings. The summed E-state index contributed by atoms with van der Waals surface area (Å²) < 4.78 is 0. The van der Waals surface area contributed by atoms with Crippen LogP contribution in [0, 0.1) is 19.8 Å². The number of carbonyl (C=O) groups excluding carboxylic acids is 1. The molecule has 5 heteroatoms. The molecule has 0 spiro atoms. The predicted molar refractivity (Wildman–Crippen MR) is 86.8 cm³/mol. The molecular formula is C17H26N4O. The first kappa shape index (κ1) is 15.3. The largest absolute Gasteiger partial charge is 0.355 e. The van der Waals surface area contributed by atoms with Crippen molar-refractivity contribution in [3.8, 4) is 0 Å². The molecule has 1 aliphatic carbocycles. The van der Waals surface area contributed by atoms with Gasteiger partial charge in [0.05, 0.1) is 11.4 Å². The van der Waals surface area contributed by atoms with Crippen molar-refractivity contribution < 1.29 is 4.79 Å². The van der Waals surface area contributed by atoms with Crippen molar-refractivity contribution in [2.75, 3.05) is 18.0 Å². The number of hydrogen-bond acceptors (Lipinski definition) is 4. The maximum absolute atomic E-state index is 12.4. The fourth-order valence-electron chi connectivity index (χ4n) is 3.57. The Bertz CT molecular complexity index is 531. The Morgan fingerprint density at radius 1 is 1.18 bits per heavy atom. The van der Waals surface area contributed by atoms with Gasteiger partial charge in [0.2, 0.25) is 5.91 Å². The van der Waals surface area contributed by atoms with Gasteiger partial charge in [0.25, 0.3) is 0 Å². The van der Waals surface area contributed by atoms with Gasteiger partial charge in [0.15, 0.2) is 0 Å². The third-order valence-corrected chi connectivity index (χ3v) is 4.92. The van der Waals surface area contributed by atoms with Gasteiger partial charge < -0.3 is 10.2 Å². The van der Waals surface area contributed by atoms with E-state index in [1.165, 1.54) is 12.8 Å². The number of rotatable bonds is 3. The summed E-state index contributed by atoms with van der Waals surface area (Å²) in [5, 5.41) is 3.24. The zero-order chi connectivity index (χ0) is 15.5. The number of amides is 1. The number of piperidine rings is 1. The van der Waals surface area contributed by atoms with E-state index in [9.17, 15) is 4.79 Å². The normalized spacial score (nSPS) is 20.4. The average molecular weight is 302 g/mol. The van der Waals surface area contributed by atoms with E-state index in [1.807, 2.05) is 13.8 Å². The van der Waals surface area contributed by atoms with E-state index in [4.69, 9.17) is 0 Å². The number of nitrogens with one attached hydrogen (secondary N) is 1. The SMILES string of the molecule is Cc1cnc(C)c(N2CCC(C(=O)NC3CCCC3)CC2)n1. The first-order valence-electron chi connectivity index (χ1n) is 8.49. The lowest BCUT2D eigenvalue weighted by Gasteiger charge is -2.33. The van der Waals surface area contributed by atoms with Gasteiger partial charge in [-0.05, 0) is 39.5 Å². The molecule has 1 N–H and O–H groups in total. The molecular weight excluding hydrogens is 276 g/mol. The van der Waals surface area contributed by atoms with Crippen LogP contribution in [-0.4, -0.2) is 35.0 Å². The van der Waals surface area contributed by atoms with Crippen molar-refractivity contribution in [2.24, 2.45) is 5.92 Å². The molecule has 1 saturated heterocycles. The standard InChI is InChI=1S/C17H26N4O/c1-12-11-18-13(2)16(19-12)21-9-7-14(8-10-21)17(22)20-15-5-3-4-6-15/h11,14-15H,3-10H2,1-2H3,(H,20,22). The van der Waals surface area contributed by atoms with Crippen molar-refractivity contribution in [3.05, 3.63) is 17.6 Å². The van der Waals surface area contributed by atoms with Gasteiger partial charge in [-0.1, -0.05) is 12.8 Å². The van der Waals surface area contributed by atoms with Gasteiger partial charge in [0.1, 0.15) is 5.82 Å². The molecule has 1 aliphatic heterocycles. The monoisotopic (exact) mass is 302 g/mol. The molecule has 0 atom stereocenters. The van der Waals surface area contributed by atoms with Crippen molar-refractivity contribution in [1.82, 2.24) is 15.3 Å². The van der Waals surface area contributed by atoms with Crippen molar-refractivity contribution >= 4 is 11.7 Å². The van der Waals surface area contributed by atoms with Gasteiger partial charge in [0, 0.05) is 31.2 Å². The third-order valence-electron chi connectivity index (χ3n) is 4.92. The fraction of sp³-hybridized carbons (Fsp3) is 0.706. The summed E-state index contributed by atoms with van der Waals surface area (Å²) in [7, 11) is 0. The molecule has 1 amide bonds. The van der Waals surface area contributed by atoms with Crippen LogP contribution in [0.1, 0.15) is 49.9 Å². The molecule has 0 aromatic carbocycles. The minimum absolute atomic E-state index is 0.162. The smallest absolute Gasteiger partial charge is 0.223 e. The topological polar surface area (TPSA) is 58.1 Å². The number of carbonyl (C=O) groups is 1. The second-order valence-corrected chi connectivity index (χ2v) is 6.67. The number of aryl methyl sites for hydroxylation is 2. The molecule has 0 radical (unpaired) electrons. The first-order valence-corrected chi connectivity index (χ1v) is 8.49. The molecule has 2 aliphatic rings. The molecule has 0 unspecified atom stereocenters. The van der Waals surface area contributed by atoms with Gasteiger partial charge in [-0.15, -0.1) is 0 Å². The molecule has 0 bridgehead atoms. The van der Waals surface area contributed by atoms with Crippen molar-refractivity contribution in [2.45, 2.75) is 58.4 Å². The molecule has 120 valence electrons. The van der Waals surface area contributed by atoms with Gasteiger partial charge in [-0.3, -0.25) is 9.78 Å². The second kappa shape index (κ2) is 6.63. The molecule has 1 aromatic rings. The van der Waals surface area contributed by atoms with Gasteiger partial charge in [-0.2, -0.15) is 0 Å². The quantitative estimate of drug-likeness (QED) is 0.931. The van der Waals surface area contributed by atoms with Crippen LogP contribution < -0.4 is 10.2 Å². The van der Waals surface area contributed by atoms with E-state index in [2.05, 4.69) is 20.2 Å². The summed E-state index contributed by atoms with van der Waals surface area (Å²) in [6.45, 7) is 5.75. The highest BCUT2D eigenvalue weighted by Gasteiger charge is 2.28. The zero-order valence-electron chi connectivity index (χ0n) is 13.6. The molecule has 1 saturated carbocycles. The summed E-state index contributed by atoms with van der Waals surface area (Å²) in [5.74, 6) is 1.41. The summed E-state index contributed by atoms with van der Waals surface area (Å²) in [6, 6.07) is 0.426. The summed E-state index contributed by atoms with van der Waals surface area (Å²) in [6.07, 6.45) is 8.45. The number of anilines is 1. The lowest BCUT2D eigenvalue weighted by molar-refractivity contribution is -0.126. The van der Waals surface area contributed by atoms with E-state index in [0.717, 1.165) is 56.0 Å². The van der Waals surface area contributed by atoms with E-state index in [0.29, 0.717) is 6.04 Å². The minimum atomic E-state index is 0.162. The highest BCUT2D eigenvalue weighted by Crippen LogP contribution is 2.25. The zero-order valence-corrected chi connectivity index (χ0v) is 13.6. The van der Waals surface area contributed by atoms with Crippen LogP contribution in [0.15, 0.2) is 6.20 Å². The van der Waals surface area contributed by atoms with Crippen LogP contribution in [0.25, 0.3) is 0 Å². The lowest BCUT2D eigenvalue weighted by atomic mass is 9.95. The molecule has 2 heterocycles. The summed E-state index contributed by atoms with van der Waals surface area (Å²) in [4.78, 5) is 23.6. The van der Waals surface area contributed by atoms with Crippen LogP contribution in [0.3, 0.4) is 0 Å². The van der Waals surface area contributed by atoms with Crippen molar-refractivity contribution in [3.63, 3.8) is 0 Å². The number of aromatic nitrogens is 2. The lowest BCUT2D eigenvalue weighted by Crippen LogP contribution is -2.43. The highest BCUT2D eigenvalue weighted by atomic mass is 16.1. The van der Waals surface area contributed by atoms with E-state index < -0.39 is 0 Å². The summed E-state index contributed by atoms with van der Waals surface area (Å²) in [5.41, 5.74) is 1.92. The Balaban J connectivity index is 1.55. The molecule has 5 nitrogen and oxygen atoms in total. The van der Waals surface area contributed by atoms with E-state index in [-0.39, 0.29) is 11.8 Å². The fourth-order valence-corrected chi connectivity index (χ4v) is 3.57. The molecule has 3 rings (SSSR count). The maximum atomic E-state index is 12.4. The summed E-state index contributed by atoms with van der Waals surface area (Å²) >= 11 is 0. The van der Waals surface area contributed by atoms with E-state index >= 15 is 0 Å². The Kier molecular flexibility index (Phi) is 4.60. The van der Waals surface area contributed by atoms with Crippen LogP contribution >= 0.6 is 0 Å². The number of nitrogens with zero attached hydrogens (tertiary/aromatic N) is 3. The van der Waals surface area contributed by atoms with Gasteiger partial charge >= 0.3 is 0 Å². The third kappa shape index (κ3) is 3.39. The molecule has 1 aromatic heterocycles. The van der Waals surface area contributed by atoms with Crippen LogP contribution in [0.5, 0.6) is 0 Å². The first-order chi connectivity index (χ1) is 10.6. The van der Waals surface area contributed by atoms with E-state index in [1.54, 1.807) is 6.20 Å². The Morgan fingerprint density at radius 2 is 1.86 bits per heavy atom.